The molecule has 0 aliphatic carbocycles. The van der Waals surface area contributed by atoms with Gasteiger partial charge in [-0.1, -0.05) is 30.3 Å². The maximum Gasteiger partial charge on any atom is 0.199 e. The van der Waals surface area contributed by atoms with Crippen molar-refractivity contribution >= 4 is 22.9 Å². The zero-order chi connectivity index (χ0) is 12.4. The fourth-order valence-electron chi connectivity index (χ4n) is 1.76. The summed E-state index contributed by atoms with van der Waals surface area (Å²) in [4.78, 5) is 15.3. The molecule has 0 radical (unpaired) electrons. The van der Waals surface area contributed by atoms with Gasteiger partial charge in [-0.3, -0.25) is 0 Å². The average Bonchev–Trinajstić information content (AvgIpc) is 2.78. The molecule has 0 aliphatic rings. The van der Waals surface area contributed by atoms with E-state index in [0.717, 1.165) is 0 Å². The normalized spacial score (nSPS) is 10.7. The lowest BCUT2D eigenvalue weighted by atomic mass is 10.2. The highest BCUT2D eigenvalue weighted by Crippen LogP contribution is 2.17. The average molecular weight is 240 g/mol. The number of anilines is 2. The minimum absolute atomic E-state index is 0.341. The van der Waals surface area contributed by atoms with Gasteiger partial charge in [0.1, 0.15) is 6.33 Å². The van der Waals surface area contributed by atoms with Gasteiger partial charge >= 0.3 is 0 Å². The number of nitrogens with one attached hydrogen (secondary N) is 2. The van der Waals surface area contributed by atoms with Crippen LogP contribution in [0.5, 0.6) is 0 Å². The Labute approximate surface area is 103 Å². The predicted octanol–water partition coefficient (Wildman–Crippen LogP) is 1.55. The zero-order valence-electron chi connectivity index (χ0n) is 9.59. The third kappa shape index (κ3) is 1.95. The molecule has 4 N–H and O–H groups in total. The molecule has 6 heteroatoms. The van der Waals surface area contributed by atoms with Gasteiger partial charge in [0.15, 0.2) is 22.9 Å². The fourth-order valence-corrected chi connectivity index (χ4v) is 1.76. The number of H-pyrrole nitrogens is 1. The van der Waals surface area contributed by atoms with Crippen LogP contribution in [0.15, 0.2) is 36.7 Å². The molecule has 90 valence electrons. The summed E-state index contributed by atoms with van der Waals surface area (Å²) in [7, 11) is 0. The lowest BCUT2D eigenvalue weighted by Crippen LogP contribution is -2.02. The van der Waals surface area contributed by atoms with Crippen molar-refractivity contribution in [2.45, 2.75) is 6.54 Å². The molecule has 2 heterocycles. The summed E-state index contributed by atoms with van der Waals surface area (Å²) < 4.78 is 0. The molecule has 3 rings (SSSR count). The van der Waals surface area contributed by atoms with Gasteiger partial charge in [0.25, 0.3) is 0 Å². The molecule has 0 saturated heterocycles. The molecule has 18 heavy (non-hydrogen) atoms. The van der Waals surface area contributed by atoms with E-state index in [2.05, 4.69) is 25.3 Å². The summed E-state index contributed by atoms with van der Waals surface area (Å²) in [5, 5.41) is 3.23. The summed E-state index contributed by atoms with van der Waals surface area (Å²) >= 11 is 0. The van der Waals surface area contributed by atoms with Crippen LogP contribution >= 0.6 is 0 Å². The SMILES string of the molecule is Nc1nc2c(NCc3ccccc3)ncnc2[nH]1. The summed E-state index contributed by atoms with van der Waals surface area (Å²) in [5.74, 6) is 1.02. The second-order valence-corrected chi connectivity index (χ2v) is 3.88. The Morgan fingerprint density at radius 2 is 2.00 bits per heavy atom. The first-order valence-corrected chi connectivity index (χ1v) is 5.57. The number of benzene rings is 1. The van der Waals surface area contributed by atoms with Crippen molar-refractivity contribution in [1.29, 1.82) is 0 Å². The minimum Gasteiger partial charge on any atom is -0.369 e. The Morgan fingerprint density at radius 3 is 2.83 bits per heavy atom. The first-order valence-electron chi connectivity index (χ1n) is 5.57. The van der Waals surface area contributed by atoms with Gasteiger partial charge in [-0.15, -0.1) is 0 Å². The Kier molecular flexibility index (Phi) is 2.53. The molecule has 0 aliphatic heterocycles. The predicted molar refractivity (Wildman–Crippen MR) is 69.9 cm³/mol. The quantitative estimate of drug-likeness (QED) is 0.646. The standard InChI is InChI=1S/C12H12N6/c13-12-17-9-10(15-7-16-11(9)18-12)14-6-8-4-2-1-3-5-8/h1-5,7H,6H2,(H4,13,14,15,16,17,18). The molecule has 0 saturated carbocycles. The lowest BCUT2D eigenvalue weighted by molar-refractivity contribution is 1.10. The molecule has 0 spiro atoms. The van der Waals surface area contributed by atoms with Crippen molar-refractivity contribution < 1.29 is 0 Å². The van der Waals surface area contributed by atoms with E-state index in [1.165, 1.54) is 11.9 Å². The number of rotatable bonds is 3. The largest absolute Gasteiger partial charge is 0.369 e. The number of nitrogens with two attached hydrogens (primary N) is 1. The fraction of sp³-hybridized carbons (Fsp3) is 0.0833. The van der Waals surface area contributed by atoms with Crippen LogP contribution in [0.25, 0.3) is 11.2 Å². The van der Waals surface area contributed by atoms with Crippen LogP contribution < -0.4 is 11.1 Å². The van der Waals surface area contributed by atoms with E-state index in [4.69, 9.17) is 5.73 Å². The summed E-state index contributed by atoms with van der Waals surface area (Å²) in [6.07, 6.45) is 1.48. The van der Waals surface area contributed by atoms with Crippen molar-refractivity contribution in [3.05, 3.63) is 42.2 Å². The van der Waals surface area contributed by atoms with E-state index in [0.29, 0.717) is 29.5 Å². The molecule has 0 amide bonds. The first-order chi connectivity index (χ1) is 8.83. The Balaban J connectivity index is 1.86. The maximum atomic E-state index is 5.60. The molecule has 1 aromatic carbocycles. The number of nitrogens with zero attached hydrogens (tertiary/aromatic N) is 3. The van der Waals surface area contributed by atoms with Crippen LogP contribution in [0.4, 0.5) is 11.8 Å². The van der Waals surface area contributed by atoms with Gasteiger partial charge < -0.3 is 16.0 Å². The van der Waals surface area contributed by atoms with Gasteiger partial charge in [-0.2, -0.15) is 0 Å². The zero-order valence-corrected chi connectivity index (χ0v) is 9.59. The highest BCUT2D eigenvalue weighted by atomic mass is 15.1. The van der Waals surface area contributed by atoms with E-state index >= 15 is 0 Å². The summed E-state index contributed by atoms with van der Waals surface area (Å²) in [6.45, 7) is 0.680. The monoisotopic (exact) mass is 240 g/mol. The maximum absolute atomic E-state index is 5.60. The molecule has 0 unspecified atom stereocenters. The third-order valence-corrected chi connectivity index (χ3v) is 2.60. The minimum atomic E-state index is 0.341. The summed E-state index contributed by atoms with van der Waals surface area (Å²) in [6, 6.07) is 10.1. The van der Waals surface area contributed by atoms with Crippen LogP contribution in [0.1, 0.15) is 5.56 Å². The number of hydrogen-bond donors (Lipinski definition) is 3. The van der Waals surface area contributed by atoms with Crippen molar-refractivity contribution in [3.63, 3.8) is 0 Å². The second-order valence-electron chi connectivity index (χ2n) is 3.88. The third-order valence-electron chi connectivity index (χ3n) is 2.60. The van der Waals surface area contributed by atoms with Gasteiger partial charge in [-0.05, 0) is 5.56 Å². The smallest absolute Gasteiger partial charge is 0.199 e. The van der Waals surface area contributed by atoms with Gasteiger partial charge in [0.05, 0.1) is 0 Å². The first kappa shape index (κ1) is 10.5. The topological polar surface area (TPSA) is 92.5 Å². The molecular weight excluding hydrogens is 228 g/mol. The van der Waals surface area contributed by atoms with Crippen molar-refractivity contribution in [1.82, 2.24) is 19.9 Å². The Bertz CT molecular complexity index is 661. The van der Waals surface area contributed by atoms with Gasteiger partial charge in [-0.25, -0.2) is 15.0 Å². The number of aromatic nitrogens is 4. The number of imidazole rings is 1. The van der Waals surface area contributed by atoms with Gasteiger partial charge in [0.2, 0.25) is 0 Å². The van der Waals surface area contributed by atoms with Gasteiger partial charge in [0, 0.05) is 6.54 Å². The van der Waals surface area contributed by atoms with Crippen molar-refractivity contribution in [2.75, 3.05) is 11.1 Å². The molecule has 2 aromatic heterocycles. The second kappa shape index (κ2) is 4.33. The Hall–Kier alpha value is -2.63. The molecule has 6 nitrogen and oxygen atoms in total. The van der Waals surface area contributed by atoms with Crippen LogP contribution in [-0.4, -0.2) is 19.9 Å². The number of fused-ring (bicyclic) bond motifs is 1. The number of hydrogen-bond acceptors (Lipinski definition) is 5. The van der Waals surface area contributed by atoms with E-state index in [1.54, 1.807) is 0 Å². The van der Waals surface area contributed by atoms with E-state index < -0.39 is 0 Å². The van der Waals surface area contributed by atoms with E-state index in [1.807, 2.05) is 30.3 Å². The highest BCUT2D eigenvalue weighted by Gasteiger charge is 2.07. The number of aromatic amines is 1. The van der Waals surface area contributed by atoms with Crippen LogP contribution in [0.3, 0.4) is 0 Å². The molecule has 0 atom stereocenters. The van der Waals surface area contributed by atoms with Crippen molar-refractivity contribution in [2.24, 2.45) is 0 Å². The Morgan fingerprint density at radius 1 is 1.17 bits per heavy atom. The molecular formula is C12H12N6. The van der Waals surface area contributed by atoms with Crippen molar-refractivity contribution in [3.8, 4) is 0 Å². The lowest BCUT2D eigenvalue weighted by Gasteiger charge is -2.05. The molecule has 0 fully saturated rings. The number of nitrogen functional groups attached to an aromatic ring is 1. The van der Waals surface area contributed by atoms with Crippen LogP contribution in [0, 0.1) is 0 Å². The molecule has 3 aromatic rings. The highest BCUT2D eigenvalue weighted by molar-refractivity contribution is 5.83. The van der Waals surface area contributed by atoms with Crippen LogP contribution in [-0.2, 0) is 6.54 Å². The van der Waals surface area contributed by atoms with E-state index in [-0.39, 0.29) is 0 Å². The molecule has 0 bridgehead atoms. The summed E-state index contributed by atoms with van der Waals surface area (Å²) in [5.41, 5.74) is 8.07. The van der Waals surface area contributed by atoms with E-state index in [9.17, 15) is 0 Å². The van der Waals surface area contributed by atoms with Crippen LogP contribution in [0.2, 0.25) is 0 Å².